The van der Waals surface area contributed by atoms with Crippen molar-refractivity contribution in [3.05, 3.63) is 144 Å². The van der Waals surface area contributed by atoms with E-state index in [1.165, 1.54) is 0 Å². The quantitative estimate of drug-likeness (QED) is 0.167. The van der Waals surface area contributed by atoms with E-state index >= 15 is 0 Å². The van der Waals surface area contributed by atoms with E-state index in [9.17, 15) is 10.2 Å². The third-order valence-electron chi connectivity index (χ3n) is 6.78. The molecule has 0 unspecified atom stereocenters. The molecule has 0 aromatic heterocycles. The Bertz CT molecular complexity index is 1230. The van der Waals surface area contributed by atoms with Gasteiger partial charge in [0.25, 0.3) is 0 Å². The van der Waals surface area contributed by atoms with Crippen molar-refractivity contribution in [3.8, 4) is 0 Å². The smallest absolute Gasteiger partial charge is 0.164 e. The molecule has 0 radical (unpaired) electrons. The van der Waals surface area contributed by atoms with Crippen LogP contribution in [0.25, 0.3) is 0 Å². The predicted molar refractivity (Wildman–Crippen MR) is 180 cm³/mol. The van der Waals surface area contributed by atoms with Gasteiger partial charge in [0.2, 0.25) is 0 Å². The first-order valence-corrected chi connectivity index (χ1v) is 15.3. The van der Waals surface area contributed by atoms with Crippen LogP contribution in [0, 0.1) is 0 Å². The van der Waals surface area contributed by atoms with Crippen molar-refractivity contribution in [1.29, 1.82) is 0 Å². The third-order valence-corrected chi connectivity index (χ3v) is 6.78. The van der Waals surface area contributed by atoms with Crippen molar-refractivity contribution in [1.82, 2.24) is 0 Å². The van der Waals surface area contributed by atoms with Crippen LogP contribution in [-0.2, 0) is 42.4 Å². The summed E-state index contributed by atoms with van der Waals surface area (Å²) in [6, 6.07) is 37.8. The van der Waals surface area contributed by atoms with Gasteiger partial charge >= 0.3 is 0 Å². The Morgan fingerprint density at radius 2 is 0.609 bits per heavy atom. The van der Waals surface area contributed by atoms with E-state index in [1.54, 1.807) is 41.5 Å². The molecule has 6 nitrogen and oxygen atoms in total. The van der Waals surface area contributed by atoms with Crippen molar-refractivity contribution >= 4 is 0 Å². The van der Waals surface area contributed by atoms with Crippen LogP contribution < -0.4 is 0 Å². The molecule has 5 rings (SSSR count). The van der Waals surface area contributed by atoms with Crippen LogP contribution in [0.2, 0.25) is 0 Å². The molecule has 7 heteroatoms. The molecule has 4 aromatic rings. The molecule has 2 atom stereocenters. The summed E-state index contributed by atoms with van der Waals surface area (Å²) in [7, 11) is 0. The molecule has 0 amide bonds. The Kier molecular flexibility index (Phi) is 13.7. The van der Waals surface area contributed by atoms with Crippen LogP contribution in [0.3, 0.4) is 0 Å². The molecule has 1 aliphatic rings. The summed E-state index contributed by atoms with van der Waals surface area (Å²) in [5.74, 6) is -1.05. The summed E-state index contributed by atoms with van der Waals surface area (Å²) < 4.78 is 13.0. The van der Waals surface area contributed by atoms with Crippen molar-refractivity contribution < 1.29 is 51.6 Å². The molecule has 4 aromatic carbocycles. The van der Waals surface area contributed by atoms with E-state index < -0.39 is 40.4 Å². The van der Waals surface area contributed by atoms with E-state index in [1.807, 2.05) is 135 Å². The van der Waals surface area contributed by atoms with E-state index in [-0.39, 0.29) is 21.7 Å². The van der Waals surface area contributed by atoms with Crippen LogP contribution in [0.1, 0.15) is 77.6 Å². The maximum absolute atomic E-state index is 12.6. The van der Waals surface area contributed by atoms with Crippen LogP contribution in [0.4, 0.5) is 0 Å². The molecule has 0 spiro atoms. The maximum atomic E-state index is 12.6. The van der Waals surface area contributed by atoms with Gasteiger partial charge in [-0.25, -0.2) is 0 Å². The SMILES string of the molecule is CC(C)(C)O.CC(C)(C)O.CC1(C)O[C@H](C(O)(c2ccccc2)c2ccccc2)[C@@H](C(O)(c2ccccc2)c2ccccc2)O1.[Ti]. The standard InChI is InChI=1S/C31H30O4.2C4H10O.Ti/c1-29(2)34-27(30(32,23-15-7-3-8-16-23)24-17-9-4-10-18-24)28(35-29)31(33,25-19-11-5-12-20-25)26-21-13-6-14-22-26;2*1-4(2,3)5;/h3-22,27-28,32-33H,1-2H3;2*5H,1-3H3;/t27-,28-;;;/m0.../s1. The summed E-state index contributed by atoms with van der Waals surface area (Å²) in [6.45, 7) is 14.1. The number of hydrogen-bond donors (Lipinski definition) is 4. The fourth-order valence-electron chi connectivity index (χ4n) is 5.13. The van der Waals surface area contributed by atoms with E-state index in [2.05, 4.69) is 0 Å². The van der Waals surface area contributed by atoms with Crippen LogP contribution in [0.5, 0.6) is 0 Å². The summed E-state index contributed by atoms with van der Waals surface area (Å²) in [5.41, 5.74) is -1.56. The van der Waals surface area contributed by atoms with Crippen molar-refractivity contribution in [3.63, 3.8) is 0 Å². The topological polar surface area (TPSA) is 99.4 Å². The molecule has 4 N–H and O–H groups in total. The number of aliphatic hydroxyl groups is 4. The monoisotopic (exact) mass is 662 g/mol. The second-order valence-corrected chi connectivity index (χ2v) is 13.8. The Hall–Kier alpha value is -2.65. The minimum Gasteiger partial charge on any atom is -0.391 e. The first-order valence-electron chi connectivity index (χ1n) is 15.3. The average molecular weight is 663 g/mol. The molecule has 0 saturated carbocycles. The fourth-order valence-corrected chi connectivity index (χ4v) is 5.13. The van der Waals surface area contributed by atoms with Gasteiger partial charge in [0, 0.05) is 21.7 Å². The number of ether oxygens (including phenoxy) is 2. The normalized spacial score (nSPS) is 17.8. The van der Waals surface area contributed by atoms with Gasteiger partial charge in [-0.05, 0) is 77.6 Å². The zero-order valence-corrected chi connectivity index (χ0v) is 29.9. The first-order chi connectivity index (χ1) is 20.9. The van der Waals surface area contributed by atoms with E-state index in [0.717, 1.165) is 0 Å². The van der Waals surface area contributed by atoms with Gasteiger partial charge in [-0.15, -0.1) is 0 Å². The molecule has 1 fully saturated rings. The van der Waals surface area contributed by atoms with Crippen molar-refractivity contribution in [2.45, 2.75) is 95.8 Å². The molecule has 246 valence electrons. The number of rotatable bonds is 6. The van der Waals surface area contributed by atoms with Gasteiger partial charge in [-0.1, -0.05) is 121 Å². The van der Waals surface area contributed by atoms with Gasteiger partial charge in [0.05, 0.1) is 11.2 Å². The number of benzene rings is 4. The number of hydrogen-bond acceptors (Lipinski definition) is 6. The maximum Gasteiger partial charge on any atom is 0.164 e. The Morgan fingerprint density at radius 3 is 0.783 bits per heavy atom. The Labute approximate surface area is 289 Å². The molecule has 1 aliphatic heterocycles. The second-order valence-electron chi connectivity index (χ2n) is 13.8. The van der Waals surface area contributed by atoms with Gasteiger partial charge in [0.1, 0.15) is 23.4 Å². The minimum absolute atomic E-state index is 0. The Morgan fingerprint density at radius 1 is 0.435 bits per heavy atom. The zero-order valence-electron chi connectivity index (χ0n) is 28.3. The Balaban J connectivity index is 0.000000586. The average Bonchev–Trinajstić information content (AvgIpc) is 3.32. The largest absolute Gasteiger partial charge is 0.391 e. The third kappa shape index (κ3) is 10.7. The van der Waals surface area contributed by atoms with Gasteiger partial charge < -0.3 is 29.9 Å². The van der Waals surface area contributed by atoms with Crippen LogP contribution in [-0.4, -0.2) is 49.6 Å². The molecule has 0 aliphatic carbocycles. The van der Waals surface area contributed by atoms with E-state index in [4.69, 9.17) is 19.7 Å². The van der Waals surface area contributed by atoms with Gasteiger partial charge in [0.15, 0.2) is 5.79 Å². The molecular weight excluding hydrogens is 612 g/mol. The second kappa shape index (κ2) is 16.0. The van der Waals surface area contributed by atoms with Crippen LogP contribution in [0.15, 0.2) is 121 Å². The minimum atomic E-state index is -1.60. The van der Waals surface area contributed by atoms with Crippen molar-refractivity contribution in [2.24, 2.45) is 0 Å². The van der Waals surface area contributed by atoms with Gasteiger partial charge in [-0.2, -0.15) is 0 Å². The van der Waals surface area contributed by atoms with Crippen LogP contribution >= 0.6 is 0 Å². The molecule has 1 saturated heterocycles. The first kappa shape index (κ1) is 39.5. The molecular formula is C39H50O6Ti. The fraction of sp³-hybridized carbons (Fsp3) is 0.385. The summed E-state index contributed by atoms with van der Waals surface area (Å²) in [5, 5.41) is 42.2. The van der Waals surface area contributed by atoms with E-state index in [0.29, 0.717) is 22.3 Å². The van der Waals surface area contributed by atoms with Gasteiger partial charge in [-0.3, -0.25) is 0 Å². The molecule has 1 heterocycles. The summed E-state index contributed by atoms with van der Waals surface area (Å²) >= 11 is 0. The summed E-state index contributed by atoms with van der Waals surface area (Å²) in [4.78, 5) is 0. The summed E-state index contributed by atoms with van der Waals surface area (Å²) in [6.07, 6.45) is -1.87. The predicted octanol–water partition coefficient (Wildman–Crippen LogP) is 6.93. The molecule has 0 bridgehead atoms. The molecule has 46 heavy (non-hydrogen) atoms. The zero-order chi connectivity index (χ0) is 33.5. The van der Waals surface area contributed by atoms with Crippen molar-refractivity contribution in [2.75, 3.05) is 0 Å².